The zero-order valence-corrected chi connectivity index (χ0v) is 9.16. The molecule has 2 N–H and O–H groups in total. The molecule has 1 atom stereocenters. The van der Waals surface area contributed by atoms with Gasteiger partial charge in [0.15, 0.2) is 5.75 Å². The van der Waals surface area contributed by atoms with E-state index in [2.05, 4.69) is 15.1 Å². The molecule has 0 bridgehead atoms. The number of nitrogens with zero attached hydrogens (tertiary/aromatic N) is 4. The van der Waals surface area contributed by atoms with E-state index in [-0.39, 0.29) is 6.04 Å². The molecule has 0 amide bonds. The first-order chi connectivity index (χ1) is 7.74. The van der Waals surface area contributed by atoms with Gasteiger partial charge in [-0.15, -0.1) is 0 Å². The summed E-state index contributed by atoms with van der Waals surface area (Å²) in [6.07, 6.45) is 6.48. The van der Waals surface area contributed by atoms with E-state index in [0.29, 0.717) is 5.75 Å². The molecule has 0 radical (unpaired) electrons. The summed E-state index contributed by atoms with van der Waals surface area (Å²) in [5, 5.41) is 4.10. The zero-order chi connectivity index (χ0) is 11.5. The van der Waals surface area contributed by atoms with E-state index in [4.69, 9.17) is 10.5 Å². The van der Waals surface area contributed by atoms with Gasteiger partial charge in [0.05, 0.1) is 19.3 Å². The number of rotatable bonds is 3. The Balaban J connectivity index is 2.41. The van der Waals surface area contributed by atoms with Crippen LogP contribution in [0.5, 0.6) is 5.75 Å². The molecule has 0 saturated carbocycles. The molecule has 2 aromatic rings. The van der Waals surface area contributed by atoms with E-state index in [1.165, 1.54) is 6.33 Å². The van der Waals surface area contributed by atoms with Crippen LogP contribution in [0.4, 0.5) is 0 Å². The number of nitrogens with two attached hydrogens (primary N) is 1. The Labute approximate surface area is 93.1 Å². The lowest BCUT2D eigenvalue weighted by Gasteiger charge is -2.13. The molecule has 2 heterocycles. The second-order valence-electron chi connectivity index (χ2n) is 3.37. The van der Waals surface area contributed by atoms with Crippen molar-refractivity contribution in [3.63, 3.8) is 0 Å². The number of hydrogen-bond acceptors (Lipinski definition) is 5. The van der Waals surface area contributed by atoms with E-state index in [9.17, 15) is 0 Å². The van der Waals surface area contributed by atoms with Gasteiger partial charge in [-0.1, -0.05) is 0 Å². The van der Waals surface area contributed by atoms with Crippen LogP contribution in [0.2, 0.25) is 0 Å². The van der Waals surface area contributed by atoms with E-state index in [1.807, 2.05) is 7.05 Å². The molecule has 0 aliphatic rings. The first-order valence-electron chi connectivity index (χ1n) is 4.80. The third kappa shape index (κ3) is 1.74. The van der Waals surface area contributed by atoms with Gasteiger partial charge in [-0.25, -0.2) is 9.97 Å². The van der Waals surface area contributed by atoms with Crippen molar-refractivity contribution in [2.75, 3.05) is 7.11 Å². The summed E-state index contributed by atoms with van der Waals surface area (Å²) in [6, 6.07) is -0.344. The number of aromatic nitrogens is 4. The third-order valence-electron chi connectivity index (χ3n) is 2.40. The van der Waals surface area contributed by atoms with Crippen LogP contribution >= 0.6 is 0 Å². The van der Waals surface area contributed by atoms with E-state index in [1.54, 1.807) is 30.4 Å². The molecule has 2 rings (SSSR count). The van der Waals surface area contributed by atoms with Crippen molar-refractivity contribution in [3.8, 4) is 5.75 Å². The van der Waals surface area contributed by atoms with Gasteiger partial charge in [0.2, 0.25) is 0 Å². The molecular formula is C10H13N5O. The van der Waals surface area contributed by atoms with Gasteiger partial charge in [0.1, 0.15) is 12.0 Å². The molecule has 0 aromatic carbocycles. The lowest BCUT2D eigenvalue weighted by molar-refractivity contribution is 0.406. The highest BCUT2D eigenvalue weighted by atomic mass is 16.5. The summed E-state index contributed by atoms with van der Waals surface area (Å²) >= 11 is 0. The number of methoxy groups -OCH3 is 1. The van der Waals surface area contributed by atoms with E-state index >= 15 is 0 Å². The standard InChI is InChI=1S/C10H13N5O/c1-15-10(8(16-2)5-14-15)9(11)7-3-12-6-13-4-7/h3-6,9H,11H2,1-2H3. The van der Waals surface area contributed by atoms with E-state index in [0.717, 1.165) is 11.3 Å². The Kier molecular flexibility index (Phi) is 2.82. The molecule has 0 aliphatic carbocycles. The number of aryl methyl sites for hydroxylation is 1. The average Bonchev–Trinajstić information content (AvgIpc) is 2.70. The predicted octanol–water partition coefficient (Wildman–Crippen LogP) is 0.267. The maximum Gasteiger partial charge on any atom is 0.161 e. The molecule has 0 fully saturated rings. The second-order valence-corrected chi connectivity index (χ2v) is 3.37. The van der Waals surface area contributed by atoms with Gasteiger partial charge in [-0.2, -0.15) is 5.10 Å². The van der Waals surface area contributed by atoms with Crippen LogP contribution < -0.4 is 10.5 Å². The zero-order valence-electron chi connectivity index (χ0n) is 9.16. The fraction of sp³-hybridized carbons (Fsp3) is 0.300. The largest absolute Gasteiger partial charge is 0.493 e. The molecular weight excluding hydrogens is 206 g/mol. The Bertz CT molecular complexity index is 467. The Hall–Kier alpha value is -1.95. The van der Waals surface area contributed by atoms with Crippen molar-refractivity contribution < 1.29 is 4.74 Å². The van der Waals surface area contributed by atoms with Crippen molar-refractivity contribution in [2.45, 2.75) is 6.04 Å². The van der Waals surface area contributed by atoms with Crippen LogP contribution in [0.3, 0.4) is 0 Å². The van der Waals surface area contributed by atoms with Gasteiger partial charge >= 0.3 is 0 Å². The summed E-state index contributed by atoms with van der Waals surface area (Å²) in [6.45, 7) is 0. The summed E-state index contributed by atoms with van der Waals surface area (Å²) in [4.78, 5) is 7.88. The first kappa shape index (κ1) is 10.6. The SMILES string of the molecule is COc1cnn(C)c1C(N)c1cncnc1. The quantitative estimate of drug-likeness (QED) is 0.801. The van der Waals surface area contributed by atoms with Gasteiger partial charge in [0.25, 0.3) is 0 Å². The Morgan fingerprint density at radius 3 is 2.62 bits per heavy atom. The average molecular weight is 219 g/mol. The molecule has 0 aliphatic heterocycles. The van der Waals surface area contributed by atoms with Crippen molar-refractivity contribution in [2.24, 2.45) is 12.8 Å². The highest BCUT2D eigenvalue weighted by molar-refractivity contribution is 5.33. The molecule has 84 valence electrons. The smallest absolute Gasteiger partial charge is 0.161 e. The lowest BCUT2D eigenvalue weighted by Crippen LogP contribution is -2.17. The number of ether oxygens (including phenoxy) is 1. The van der Waals surface area contributed by atoms with Crippen LogP contribution in [0, 0.1) is 0 Å². The summed E-state index contributed by atoms with van der Waals surface area (Å²) in [7, 11) is 3.41. The molecule has 0 spiro atoms. The van der Waals surface area contributed by atoms with Crippen molar-refractivity contribution in [1.82, 2.24) is 19.7 Å². The minimum Gasteiger partial charge on any atom is -0.493 e. The van der Waals surface area contributed by atoms with Crippen LogP contribution in [-0.2, 0) is 7.05 Å². The predicted molar refractivity (Wildman–Crippen MR) is 57.8 cm³/mol. The Morgan fingerprint density at radius 1 is 1.31 bits per heavy atom. The van der Waals surface area contributed by atoms with Crippen molar-refractivity contribution in [3.05, 3.63) is 36.2 Å². The van der Waals surface area contributed by atoms with Crippen molar-refractivity contribution >= 4 is 0 Å². The van der Waals surface area contributed by atoms with Gasteiger partial charge in [0, 0.05) is 25.0 Å². The van der Waals surface area contributed by atoms with Crippen LogP contribution in [0.1, 0.15) is 17.3 Å². The fourth-order valence-electron chi connectivity index (χ4n) is 1.57. The van der Waals surface area contributed by atoms with Gasteiger partial charge in [-0.3, -0.25) is 4.68 Å². The molecule has 6 heteroatoms. The molecule has 6 nitrogen and oxygen atoms in total. The van der Waals surface area contributed by atoms with Gasteiger partial charge in [-0.05, 0) is 0 Å². The van der Waals surface area contributed by atoms with Gasteiger partial charge < -0.3 is 10.5 Å². The third-order valence-corrected chi connectivity index (χ3v) is 2.40. The summed E-state index contributed by atoms with van der Waals surface area (Å²) in [5.41, 5.74) is 7.74. The van der Waals surface area contributed by atoms with Crippen LogP contribution in [-0.4, -0.2) is 26.9 Å². The lowest BCUT2D eigenvalue weighted by atomic mass is 10.1. The molecule has 2 aromatic heterocycles. The maximum atomic E-state index is 6.12. The highest BCUT2D eigenvalue weighted by Crippen LogP contribution is 2.26. The van der Waals surface area contributed by atoms with Crippen LogP contribution in [0.25, 0.3) is 0 Å². The summed E-state index contributed by atoms with van der Waals surface area (Å²) in [5.74, 6) is 0.666. The topological polar surface area (TPSA) is 78.9 Å². The second kappa shape index (κ2) is 4.28. The molecule has 0 saturated heterocycles. The fourth-order valence-corrected chi connectivity index (χ4v) is 1.57. The summed E-state index contributed by atoms with van der Waals surface area (Å²) < 4.78 is 6.90. The first-order valence-corrected chi connectivity index (χ1v) is 4.80. The minimum absolute atomic E-state index is 0.344. The minimum atomic E-state index is -0.344. The maximum absolute atomic E-state index is 6.12. The highest BCUT2D eigenvalue weighted by Gasteiger charge is 2.18. The van der Waals surface area contributed by atoms with Crippen LogP contribution in [0.15, 0.2) is 24.9 Å². The number of hydrogen-bond donors (Lipinski definition) is 1. The monoisotopic (exact) mass is 219 g/mol. The van der Waals surface area contributed by atoms with Crippen molar-refractivity contribution in [1.29, 1.82) is 0 Å². The molecule has 1 unspecified atom stereocenters. The van der Waals surface area contributed by atoms with E-state index < -0.39 is 0 Å². The normalized spacial score (nSPS) is 12.4. The Morgan fingerprint density at radius 2 is 2.00 bits per heavy atom. The molecule has 16 heavy (non-hydrogen) atoms.